The second kappa shape index (κ2) is 6.25. The Kier molecular flexibility index (Phi) is 4.46. The van der Waals surface area contributed by atoms with Gasteiger partial charge in [-0.1, -0.05) is 20.4 Å². The van der Waals surface area contributed by atoms with Gasteiger partial charge in [0.2, 0.25) is 0 Å². The molecule has 0 aromatic heterocycles. The van der Waals surface area contributed by atoms with Crippen LogP contribution >= 0.6 is 0 Å². The highest BCUT2D eigenvalue weighted by Crippen LogP contribution is 2.67. The molecule has 0 aromatic carbocycles. The van der Waals surface area contributed by atoms with E-state index < -0.39 is 0 Å². The molecule has 2 heteroatoms. The quantitative estimate of drug-likeness (QED) is 0.712. The first-order chi connectivity index (χ1) is 11.9. The third-order valence-corrected chi connectivity index (χ3v) is 9.41. The molecule has 9 atom stereocenters. The third-order valence-electron chi connectivity index (χ3n) is 9.41. The molecule has 0 aliphatic heterocycles. The smallest absolute Gasteiger partial charge is 0.0827 e. The van der Waals surface area contributed by atoms with E-state index in [1.54, 1.807) is 6.08 Å². The molecule has 0 saturated heterocycles. The summed E-state index contributed by atoms with van der Waals surface area (Å²) in [6, 6.07) is 0. The van der Waals surface area contributed by atoms with Gasteiger partial charge in [0.05, 0.1) is 12.2 Å². The Morgan fingerprint density at radius 3 is 2.48 bits per heavy atom. The zero-order chi connectivity index (χ0) is 17.8. The van der Waals surface area contributed by atoms with Crippen molar-refractivity contribution in [3.05, 3.63) is 18.4 Å². The number of hydrogen-bond donors (Lipinski definition) is 2. The van der Waals surface area contributed by atoms with Gasteiger partial charge in [0.15, 0.2) is 0 Å². The summed E-state index contributed by atoms with van der Waals surface area (Å²) in [5, 5.41) is 20.8. The number of hydrogen-bond acceptors (Lipinski definition) is 2. The zero-order valence-electron chi connectivity index (χ0n) is 16.1. The second-order valence-corrected chi connectivity index (χ2v) is 10.2. The largest absolute Gasteiger partial charge is 0.393 e. The molecule has 0 spiro atoms. The molecular formula is C23H36O2. The second-order valence-electron chi connectivity index (χ2n) is 10.2. The normalized spacial score (nSPS) is 53.1. The maximum absolute atomic E-state index is 10.6. The van der Waals surface area contributed by atoms with Gasteiger partial charge < -0.3 is 10.2 Å². The molecule has 1 unspecified atom stereocenters. The van der Waals surface area contributed by atoms with Crippen LogP contribution in [0, 0.1) is 40.4 Å². The number of fused-ring (bicyclic) bond motifs is 5. The maximum Gasteiger partial charge on any atom is 0.0827 e. The van der Waals surface area contributed by atoms with Gasteiger partial charge in [0.1, 0.15) is 0 Å². The van der Waals surface area contributed by atoms with Crippen molar-refractivity contribution in [2.75, 3.05) is 0 Å². The molecule has 0 radical (unpaired) electrons. The Morgan fingerprint density at radius 2 is 1.72 bits per heavy atom. The summed E-state index contributed by atoms with van der Waals surface area (Å²) >= 11 is 0. The van der Waals surface area contributed by atoms with Crippen molar-refractivity contribution < 1.29 is 10.2 Å². The van der Waals surface area contributed by atoms with E-state index in [2.05, 4.69) is 26.2 Å². The fraction of sp³-hybridized carbons (Fsp3) is 0.870. The van der Waals surface area contributed by atoms with E-state index in [9.17, 15) is 10.2 Å². The molecule has 2 N–H and O–H groups in total. The van der Waals surface area contributed by atoms with Gasteiger partial charge in [0.25, 0.3) is 0 Å². The highest BCUT2D eigenvalue weighted by molar-refractivity contribution is 5.11. The van der Waals surface area contributed by atoms with Crippen LogP contribution in [0.5, 0.6) is 0 Å². The summed E-state index contributed by atoms with van der Waals surface area (Å²) in [6.07, 6.45) is 12.3. The summed E-state index contributed by atoms with van der Waals surface area (Å²) in [5.41, 5.74) is 3.54. The highest BCUT2D eigenvalue weighted by Gasteiger charge is 2.60. The molecule has 4 aliphatic carbocycles. The molecule has 25 heavy (non-hydrogen) atoms. The van der Waals surface area contributed by atoms with E-state index >= 15 is 0 Å². The molecule has 0 amide bonds. The van der Waals surface area contributed by atoms with E-state index in [0.29, 0.717) is 11.3 Å². The third kappa shape index (κ3) is 2.59. The van der Waals surface area contributed by atoms with Crippen LogP contribution in [0.2, 0.25) is 0 Å². The molecule has 0 heterocycles. The van der Waals surface area contributed by atoms with Crippen LogP contribution in [0.15, 0.2) is 18.4 Å². The fourth-order valence-corrected chi connectivity index (χ4v) is 8.07. The highest BCUT2D eigenvalue weighted by atomic mass is 16.3. The van der Waals surface area contributed by atoms with E-state index in [0.717, 1.165) is 42.9 Å². The van der Waals surface area contributed by atoms with Gasteiger partial charge in [0, 0.05) is 0 Å². The summed E-state index contributed by atoms with van der Waals surface area (Å²) < 4.78 is 0. The molecule has 4 fully saturated rings. The van der Waals surface area contributed by atoms with E-state index in [1.807, 2.05) is 0 Å². The predicted octanol–water partition coefficient (Wildman–Crippen LogP) is 4.71. The lowest BCUT2D eigenvalue weighted by atomic mass is 9.44. The van der Waals surface area contributed by atoms with Gasteiger partial charge in [-0.25, -0.2) is 0 Å². The first-order valence-corrected chi connectivity index (χ1v) is 10.6. The molecular weight excluding hydrogens is 308 g/mol. The van der Waals surface area contributed by atoms with Crippen LogP contribution in [-0.2, 0) is 0 Å². The molecule has 0 bridgehead atoms. The topological polar surface area (TPSA) is 40.5 Å². The molecule has 140 valence electrons. The number of rotatable bonds is 2. The van der Waals surface area contributed by atoms with Crippen molar-refractivity contribution in [3.8, 4) is 0 Å². The van der Waals surface area contributed by atoms with Crippen LogP contribution in [-0.4, -0.2) is 22.4 Å². The average Bonchev–Trinajstić information content (AvgIpc) is 2.93. The van der Waals surface area contributed by atoms with Crippen LogP contribution < -0.4 is 0 Å². The lowest BCUT2D eigenvalue weighted by Crippen LogP contribution is -2.54. The Bertz CT molecular complexity index is 564. The Hall–Kier alpha value is -0.560. The van der Waals surface area contributed by atoms with Crippen molar-refractivity contribution >= 4 is 0 Å². The summed E-state index contributed by atoms with van der Waals surface area (Å²) in [5.74, 6) is 3.55. The molecule has 0 aromatic rings. The first-order valence-electron chi connectivity index (χ1n) is 10.6. The predicted molar refractivity (Wildman–Crippen MR) is 101 cm³/mol. The molecule has 4 rings (SSSR count). The zero-order valence-corrected chi connectivity index (χ0v) is 16.1. The maximum atomic E-state index is 10.6. The van der Waals surface area contributed by atoms with Crippen molar-refractivity contribution in [3.63, 3.8) is 0 Å². The minimum Gasteiger partial charge on any atom is -0.393 e. The lowest BCUT2D eigenvalue weighted by Gasteiger charge is -2.61. The van der Waals surface area contributed by atoms with Gasteiger partial charge in [-0.3, -0.25) is 0 Å². The lowest BCUT2D eigenvalue weighted by molar-refractivity contribution is -0.131. The minimum atomic E-state index is -0.374. The summed E-state index contributed by atoms with van der Waals surface area (Å²) in [4.78, 5) is 0. The van der Waals surface area contributed by atoms with E-state index in [1.165, 1.54) is 38.5 Å². The van der Waals surface area contributed by atoms with Gasteiger partial charge in [-0.2, -0.15) is 0 Å². The number of aliphatic hydroxyl groups is 2. The minimum absolute atomic E-state index is 0.0554. The Balaban J connectivity index is 1.59. The fourth-order valence-electron chi connectivity index (χ4n) is 8.07. The Labute approximate surface area is 153 Å². The standard InChI is InChI=1S/C23H36O2/c1-4-5-21(25)20-9-8-18-17-7-6-15-14-16(24)10-12-22(15,2)19(17)11-13-23(18,20)3/h5,15-21,24-25H,1,6-14H2,2-3H3/t15-,16+,17-,18-,19-,20+,21?,22-,23-/m0/s1. The summed E-state index contributed by atoms with van der Waals surface area (Å²) in [7, 11) is 0. The van der Waals surface area contributed by atoms with Crippen LogP contribution in [0.25, 0.3) is 0 Å². The van der Waals surface area contributed by atoms with Crippen LogP contribution in [0.4, 0.5) is 0 Å². The van der Waals surface area contributed by atoms with Crippen molar-refractivity contribution in [1.29, 1.82) is 0 Å². The van der Waals surface area contributed by atoms with Gasteiger partial charge in [-0.15, -0.1) is 5.73 Å². The SMILES string of the molecule is C=C=CC(O)[C@H]1CC[C@H]2[C@@H]3CC[C@H]4C[C@H](O)CC[C@]4(C)[C@H]3CC[C@]12C. The summed E-state index contributed by atoms with van der Waals surface area (Å²) in [6.45, 7) is 8.67. The van der Waals surface area contributed by atoms with Crippen LogP contribution in [0.1, 0.15) is 71.6 Å². The van der Waals surface area contributed by atoms with Crippen molar-refractivity contribution in [1.82, 2.24) is 0 Å². The van der Waals surface area contributed by atoms with Crippen molar-refractivity contribution in [2.24, 2.45) is 40.4 Å². The van der Waals surface area contributed by atoms with E-state index in [-0.39, 0.29) is 17.6 Å². The average molecular weight is 345 g/mol. The van der Waals surface area contributed by atoms with Gasteiger partial charge in [-0.05, 0) is 104 Å². The van der Waals surface area contributed by atoms with Crippen LogP contribution in [0.3, 0.4) is 0 Å². The van der Waals surface area contributed by atoms with E-state index in [4.69, 9.17) is 0 Å². The molecule has 4 saturated carbocycles. The molecule has 4 aliphatic rings. The monoisotopic (exact) mass is 344 g/mol. The first kappa shape index (κ1) is 17.8. The number of aliphatic hydroxyl groups excluding tert-OH is 2. The van der Waals surface area contributed by atoms with Crippen molar-refractivity contribution in [2.45, 2.75) is 83.8 Å². The Morgan fingerprint density at radius 1 is 1.00 bits per heavy atom. The molecule has 2 nitrogen and oxygen atoms in total. The van der Waals surface area contributed by atoms with Gasteiger partial charge >= 0.3 is 0 Å².